The van der Waals surface area contributed by atoms with Crippen molar-refractivity contribution in [1.82, 2.24) is 0 Å². The third kappa shape index (κ3) is 2.21. The molecule has 0 saturated heterocycles. The Balaban J connectivity index is 3.08. The summed E-state index contributed by atoms with van der Waals surface area (Å²) in [5, 5.41) is 0.111. The summed E-state index contributed by atoms with van der Waals surface area (Å²) in [5.74, 6) is 0. The lowest BCUT2D eigenvalue weighted by Gasteiger charge is -2.06. The molecule has 2 rings (SSSR count). The number of fused-ring (bicyclic) bond motifs is 1. The summed E-state index contributed by atoms with van der Waals surface area (Å²) in [6.45, 7) is 0. The van der Waals surface area contributed by atoms with Gasteiger partial charge >= 0.3 is 20.4 Å². The predicted octanol–water partition coefficient (Wildman–Crippen LogP) is 2.16. The molecule has 0 aliphatic rings. The van der Waals surface area contributed by atoms with Crippen LogP contribution in [0, 0.1) is 0 Å². The van der Waals surface area contributed by atoms with Gasteiger partial charge in [-0.3, -0.25) is 0 Å². The Hall–Kier alpha value is -1.54. The highest BCUT2D eigenvalue weighted by Gasteiger charge is 2.28. The first-order valence-corrected chi connectivity index (χ1v) is 7.39. The van der Waals surface area contributed by atoms with Crippen molar-refractivity contribution in [3.05, 3.63) is 36.4 Å². The second-order valence-corrected chi connectivity index (χ2v) is 6.09. The molecule has 0 unspecified atom stereocenters. The topological polar surface area (TPSA) is 68.3 Å². The molecule has 4 nitrogen and oxygen atoms in total. The third-order valence-corrected chi connectivity index (χ3v) is 4.27. The minimum Gasteiger partial charge on any atom is -0.189 e. The van der Waals surface area contributed by atoms with E-state index >= 15 is 0 Å². The zero-order valence-corrected chi connectivity index (χ0v) is 10.3. The molecule has 18 heavy (non-hydrogen) atoms. The highest BCUT2D eigenvalue weighted by atomic mass is 32.3. The van der Waals surface area contributed by atoms with Gasteiger partial charge in [-0.25, -0.2) is 0 Å². The summed E-state index contributed by atoms with van der Waals surface area (Å²) in [7, 11) is -10.7. The van der Waals surface area contributed by atoms with Gasteiger partial charge in [-0.2, -0.15) is 16.8 Å². The first kappa shape index (κ1) is 12.9. The van der Waals surface area contributed by atoms with E-state index < -0.39 is 30.2 Å². The molecule has 2 aromatic carbocycles. The van der Waals surface area contributed by atoms with Gasteiger partial charge in [-0.05, 0) is 11.5 Å². The van der Waals surface area contributed by atoms with Crippen LogP contribution >= 0.6 is 0 Å². The van der Waals surface area contributed by atoms with Gasteiger partial charge in [0.05, 0.1) is 0 Å². The van der Waals surface area contributed by atoms with Gasteiger partial charge in [0, 0.05) is 5.39 Å². The Kier molecular flexibility index (Phi) is 2.86. The Morgan fingerprint density at radius 1 is 0.778 bits per heavy atom. The van der Waals surface area contributed by atoms with E-state index in [1.54, 1.807) is 6.07 Å². The molecule has 0 bridgehead atoms. The van der Waals surface area contributed by atoms with E-state index in [4.69, 9.17) is 0 Å². The third-order valence-electron chi connectivity index (χ3n) is 2.35. The van der Waals surface area contributed by atoms with E-state index in [9.17, 15) is 24.6 Å². The molecule has 8 heteroatoms. The van der Waals surface area contributed by atoms with Gasteiger partial charge in [0.2, 0.25) is 0 Å². The van der Waals surface area contributed by atoms with E-state index in [1.165, 1.54) is 24.3 Å². The zero-order valence-electron chi connectivity index (χ0n) is 8.67. The van der Waals surface area contributed by atoms with Gasteiger partial charge in [0.1, 0.15) is 9.79 Å². The van der Waals surface area contributed by atoms with Crippen molar-refractivity contribution in [3.8, 4) is 0 Å². The molecule has 0 spiro atoms. The zero-order chi connectivity index (χ0) is 13.6. The van der Waals surface area contributed by atoms with E-state index in [0.717, 1.165) is 6.07 Å². The predicted molar refractivity (Wildman–Crippen MR) is 60.5 cm³/mol. The standard InChI is InChI=1S/C10H6F2O4S2/c11-17(13,14)9-6-5-7-3-1-2-4-8(7)10(9)18(12,15)16/h1-6H. The van der Waals surface area contributed by atoms with Crippen molar-refractivity contribution >= 4 is 31.2 Å². The smallest absolute Gasteiger partial charge is 0.189 e. The van der Waals surface area contributed by atoms with Crippen molar-refractivity contribution in [2.24, 2.45) is 0 Å². The van der Waals surface area contributed by atoms with Crippen LogP contribution in [0.2, 0.25) is 0 Å². The lowest BCUT2D eigenvalue weighted by Crippen LogP contribution is -2.03. The van der Waals surface area contributed by atoms with Crippen molar-refractivity contribution in [2.75, 3.05) is 0 Å². The SMILES string of the molecule is O=S(=O)(F)c1ccc2ccccc2c1S(=O)(=O)F. The Morgan fingerprint density at radius 3 is 1.94 bits per heavy atom. The second-order valence-electron chi connectivity index (χ2n) is 3.49. The molecule has 0 heterocycles. The number of halogens is 2. The molecular formula is C10H6F2O4S2. The summed E-state index contributed by atoms with van der Waals surface area (Å²) < 4.78 is 69.9. The van der Waals surface area contributed by atoms with Crippen LogP contribution in [0.3, 0.4) is 0 Å². The average Bonchev–Trinajstić information content (AvgIpc) is 2.24. The molecule has 0 N–H and O–H groups in total. The Bertz CT molecular complexity index is 826. The average molecular weight is 292 g/mol. The van der Waals surface area contributed by atoms with Crippen LogP contribution in [0.1, 0.15) is 0 Å². The fourth-order valence-electron chi connectivity index (χ4n) is 1.67. The summed E-state index contributed by atoms with van der Waals surface area (Å²) in [4.78, 5) is -2.35. The largest absolute Gasteiger partial charge is 0.334 e. The Labute approximate surface area is 102 Å². The first-order valence-electron chi connectivity index (χ1n) is 4.62. The van der Waals surface area contributed by atoms with E-state index in [0.29, 0.717) is 5.39 Å². The van der Waals surface area contributed by atoms with E-state index in [-0.39, 0.29) is 5.39 Å². The van der Waals surface area contributed by atoms with Gasteiger partial charge in [0.15, 0.2) is 0 Å². The molecule has 96 valence electrons. The Morgan fingerprint density at radius 2 is 1.39 bits per heavy atom. The van der Waals surface area contributed by atoms with Crippen LogP contribution < -0.4 is 0 Å². The van der Waals surface area contributed by atoms with Crippen LogP contribution in [-0.2, 0) is 20.4 Å². The quantitative estimate of drug-likeness (QED) is 0.795. The summed E-state index contributed by atoms with van der Waals surface area (Å²) in [6.07, 6.45) is 0. The highest BCUT2D eigenvalue weighted by molar-refractivity contribution is 7.89. The van der Waals surface area contributed by atoms with Crippen LogP contribution in [-0.4, -0.2) is 16.8 Å². The monoisotopic (exact) mass is 292 g/mol. The second kappa shape index (κ2) is 3.99. The summed E-state index contributed by atoms with van der Waals surface area (Å²) >= 11 is 0. The molecule has 0 aliphatic heterocycles. The van der Waals surface area contributed by atoms with E-state index in [2.05, 4.69) is 0 Å². The normalized spacial score (nSPS) is 12.8. The first-order chi connectivity index (χ1) is 8.21. The fourth-order valence-corrected chi connectivity index (χ4v) is 3.58. The summed E-state index contributed by atoms with van der Waals surface area (Å²) in [5.41, 5.74) is 0. The molecule has 0 radical (unpaired) electrons. The van der Waals surface area contributed by atoms with E-state index in [1.807, 2.05) is 0 Å². The number of hydrogen-bond donors (Lipinski definition) is 0. The van der Waals surface area contributed by atoms with Crippen molar-refractivity contribution in [2.45, 2.75) is 9.79 Å². The lowest BCUT2D eigenvalue weighted by atomic mass is 10.1. The maximum atomic E-state index is 13.2. The lowest BCUT2D eigenvalue weighted by molar-refractivity contribution is 0.537. The maximum Gasteiger partial charge on any atom is 0.334 e. The van der Waals surface area contributed by atoms with Crippen LogP contribution in [0.25, 0.3) is 10.8 Å². The van der Waals surface area contributed by atoms with Gasteiger partial charge in [-0.1, -0.05) is 30.3 Å². The van der Waals surface area contributed by atoms with Crippen LogP contribution in [0.5, 0.6) is 0 Å². The number of rotatable bonds is 2. The minimum atomic E-state index is -5.36. The highest BCUT2D eigenvalue weighted by Crippen LogP contribution is 2.31. The maximum absolute atomic E-state index is 13.2. The van der Waals surface area contributed by atoms with Crippen molar-refractivity contribution in [3.63, 3.8) is 0 Å². The molecule has 0 fully saturated rings. The van der Waals surface area contributed by atoms with Crippen LogP contribution in [0.4, 0.5) is 7.77 Å². The van der Waals surface area contributed by atoms with Crippen LogP contribution in [0.15, 0.2) is 46.2 Å². The number of hydrogen-bond acceptors (Lipinski definition) is 4. The molecule has 0 aromatic heterocycles. The molecule has 0 saturated carbocycles. The van der Waals surface area contributed by atoms with Gasteiger partial charge in [0.25, 0.3) is 0 Å². The summed E-state index contributed by atoms with van der Waals surface area (Å²) in [6, 6.07) is 7.54. The fraction of sp³-hybridized carbons (Fsp3) is 0. The minimum absolute atomic E-state index is 0.182. The molecule has 0 atom stereocenters. The van der Waals surface area contributed by atoms with Gasteiger partial charge < -0.3 is 0 Å². The van der Waals surface area contributed by atoms with Crippen molar-refractivity contribution in [1.29, 1.82) is 0 Å². The molecule has 2 aromatic rings. The molecule has 0 aliphatic carbocycles. The van der Waals surface area contributed by atoms with Gasteiger partial charge in [-0.15, -0.1) is 7.77 Å². The molecular weight excluding hydrogens is 286 g/mol. The van der Waals surface area contributed by atoms with Crippen molar-refractivity contribution < 1.29 is 24.6 Å². The molecule has 0 amide bonds. The number of benzene rings is 2.